The summed E-state index contributed by atoms with van der Waals surface area (Å²) in [5, 5.41) is 3.75. The van der Waals surface area contributed by atoms with Gasteiger partial charge in [-0.1, -0.05) is 114 Å². The number of rotatable bonds is 13. The average Bonchev–Trinajstić information content (AvgIpc) is 3.04. The van der Waals surface area contributed by atoms with E-state index in [1.165, 1.54) is 29.2 Å². The van der Waals surface area contributed by atoms with Crippen molar-refractivity contribution < 1.29 is 18.0 Å². The Morgan fingerprint density at radius 3 is 2.11 bits per heavy atom. The fourth-order valence-electron chi connectivity index (χ4n) is 4.75. The van der Waals surface area contributed by atoms with Gasteiger partial charge in [-0.05, 0) is 60.9 Å². The summed E-state index contributed by atoms with van der Waals surface area (Å²) in [5.74, 6) is -1.06. The van der Waals surface area contributed by atoms with E-state index in [1.54, 1.807) is 42.5 Å². The molecule has 4 rings (SSSR count). The number of carbonyl (C=O) groups is 2. The maximum Gasteiger partial charge on any atom is 0.264 e. The molecule has 7 nitrogen and oxygen atoms in total. The van der Waals surface area contributed by atoms with E-state index in [0.29, 0.717) is 17.0 Å². The molecule has 2 amide bonds. The monoisotopic (exact) mass is 719 g/mol. The summed E-state index contributed by atoms with van der Waals surface area (Å²) in [6, 6.07) is 25.1. The smallest absolute Gasteiger partial charge is 0.264 e. The first-order chi connectivity index (χ1) is 21.9. The number of sulfonamides is 1. The molecule has 0 heterocycles. The fourth-order valence-corrected chi connectivity index (χ4v) is 7.11. The number of carbonyl (C=O) groups excluding carboxylic acids is 2. The van der Waals surface area contributed by atoms with Crippen LogP contribution in [0.1, 0.15) is 31.4 Å². The van der Waals surface area contributed by atoms with Crippen LogP contribution in [-0.4, -0.2) is 43.8 Å². The van der Waals surface area contributed by atoms with Crippen molar-refractivity contribution in [2.75, 3.05) is 10.8 Å². The van der Waals surface area contributed by atoms with Crippen LogP contribution >= 0.6 is 46.4 Å². The average molecular weight is 722 g/mol. The highest BCUT2D eigenvalue weighted by atomic mass is 35.5. The molecule has 4 aromatic rings. The molecule has 46 heavy (non-hydrogen) atoms. The topological polar surface area (TPSA) is 86.8 Å². The quantitative estimate of drug-likeness (QED) is 0.152. The molecule has 242 valence electrons. The van der Waals surface area contributed by atoms with Gasteiger partial charge in [0.1, 0.15) is 12.6 Å². The van der Waals surface area contributed by atoms with E-state index in [0.717, 1.165) is 9.87 Å². The molecule has 0 saturated heterocycles. The molecule has 0 saturated carbocycles. The highest BCUT2D eigenvalue weighted by molar-refractivity contribution is 7.92. The van der Waals surface area contributed by atoms with Gasteiger partial charge in [0, 0.05) is 29.1 Å². The molecular weight excluding hydrogens is 688 g/mol. The molecule has 0 fully saturated rings. The lowest BCUT2D eigenvalue weighted by atomic mass is 10.0. The Kier molecular flexibility index (Phi) is 12.4. The standard InChI is InChI=1S/C34H33Cl4N3O4S/c1-3-23(2)39-34(43)31(19-24-11-6-4-7-12-24)40(21-25-17-18-26(35)20-29(25)37)32(42)22-41(30-16-10-15-28(36)33(30)38)46(44,45)27-13-8-5-9-14-27/h4-18,20,23,31H,3,19,21-22H2,1-2H3,(H,39,43)/t23-,31-/m1/s1. The first-order valence-corrected chi connectivity index (χ1v) is 17.5. The van der Waals surface area contributed by atoms with Crippen molar-refractivity contribution in [1.29, 1.82) is 0 Å². The molecular formula is C34H33Cl4N3O4S. The first kappa shape index (κ1) is 35.6. The molecule has 0 aliphatic rings. The Hall–Kier alpha value is -3.27. The van der Waals surface area contributed by atoms with Crippen LogP contribution in [0.15, 0.2) is 102 Å². The number of halogens is 4. The van der Waals surface area contributed by atoms with Crippen LogP contribution in [0.4, 0.5) is 5.69 Å². The third kappa shape index (κ3) is 8.75. The minimum atomic E-state index is -4.34. The second-order valence-electron chi connectivity index (χ2n) is 10.7. The number of benzene rings is 4. The van der Waals surface area contributed by atoms with Gasteiger partial charge in [0.15, 0.2) is 0 Å². The molecule has 0 aliphatic carbocycles. The summed E-state index contributed by atoms with van der Waals surface area (Å²) in [7, 11) is -4.34. The maximum absolute atomic E-state index is 14.6. The van der Waals surface area contributed by atoms with Crippen LogP contribution in [-0.2, 0) is 32.6 Å². The summed E-state index contributed by atoms with van der Waals surface area (Å²) in [6.07, 6.45) is 0.820. The van der Waals surface area contributed by atoms with Gasteiger partial charge in [-0.15, -0.1) is 0 Å². The van der Waals surface area contributed by atoms with E-state index >= 15 is 0 Å². The van der Waals surface area contributed by atoms with E-state index in [-0.39, 0.29) is 44.7 Å². The summed E-state index contributed by atoms with van der Waals surface area (Å²) >= 11 is 25.6. The van der Waals surface area contributed by atoms with E-state index in [1.807, 2.05) is 44.2 Å². The molecule has 2 atom stereocenters. The lowest BCUT2D eigenvalue weighted by Gasteiger charge is -2.34. The van der Waals surface area contributed by atoms with Gasteiger partial charge in [0.25, 0.3) is 10.0 Å². The fraction of sp³-hybridized carbons (Fsp3) is 0.235. The third-order valence-electron chi connectivity index (χ3n) is 7.44. The summed E-state index contributed by atoms with van der Waals surface area (Å²) in [4.78, 5) is 29.8. The second kappa shape index (κ2) is 16.0. The first-order valence-electron chi connectivity index (χ1n) is 14.5. The summed E-state index contributed by atoms with van der Waals surface area (Å²) < 4.78 is 29.2. The van der Waals surface area contributed by atoms with Crippen LogP contribution in [0.5, 0.6) is 0 Å². The number of nitrogens with zero attached hydrogens (tertiary/aromatic N) is 2. The van der Waals surface area contributed by atoms with E-state index in [2.05, 4.69) is 5.32 Å². The number of amides is 2. The van der Waals surface area contributed by atoms with Crippen LogP contribution in [0.3, 0.4) is 0 Å². The summed E-state index contributed by atoms with van der Waals surface area (Å²) in [6.45, 7) is 3.01. The van der Waals surface area contributed by atoms with Crippen molar-refractivity contribution >= 4 is 73.9 Å². The van der Waals surface area contributed by atoms with Gasteiger partial charge >= 0.3 is 0 Å². The zero-order valence-electron chi connectivity index (χ0n) is 25.2. The second-order valence-corrected chi connectivity index (χ2v) is 14.2. The van der Waals surface area contributed by atoms with Crippen LogP contribution in [0.2, 0.25) is 20.1 Å². The minimum Gasteiger partial charge on any atom is -0.352 e. The predicted molar refractivity (Wildman–Crippen MR) is 186 cm³/mol. The lowest BCUT2D eigenvalue weighted by molar-refractivity contribution is -0.140. The zero-order chi connectivity index (χ0) is 33.4. The van der Waals surface area contributed by atoms with E-state index in [9.17, 15) is 18.0 Å². The van der Waals surface area contributed by atoms with Crippen LogP contribution < -0.4 is 9.62 Å². The van der Waals surface area contributed by atoms with Crippen LogP contribution in [0, 0.1) is 0 Å². The highest BCUT2D eigenvalue weighted by Gasteiger charge is 2.36. The predicted octanol–water partition coefficient (Wildman–Crippen LogP) is 8.05. The van der Waals surface area contributed by atoms with Crippen molar-refractivity contribution in [3.63, 3.8) is 0 Å². The minimum absolute atomic E-state index is 0.0134. The van der Waals surface area contributed by atoms with Crippen LogP contribution in [0.25, 0.3) is 0 Å². The molecule has 0 aromatic heterocycles. The highest BCUT2D eigenvalue weighted by Crippen LogP contribution is 2.36. The summed E-state index contributed by atoms with van der Waals surface area (Å²) in [5.41, 5.74) is 1.34. The van der Waals surface area contributed by atoms with Gasteiger partial charge < -0.3 is 10.2 Å². The normalized spacial score (nSPS) is 12.7. The Balaban J connectivity index is 1.85. The zero-order valence-corrected chi connectivity index (χ0v) is 29.0. The van der Waals surface area contributed by atoms with Gasteiger partial charge in [-0.25, -0.2) is 8.42 Å². The SMILES string of the molecule is CC[C@@H](C)NC(=O)[C@@H](Cc1ccccc1)N(Cc1ccc(Cl)cc1Cl)C(=O)CN(c1cccc(Cl)c1Cl)S(=O)(=O)c1ccccc1. The van der Waals surface area contributed by atoms with Crippen molar-refractivity contribution in [3.05, 3.63) is 128 Å². The number of hydrogen-bond acceptors (Lipinski definition) is 4. The molecule has 4 aromatic carbocycles. The molecule has 12 heteroatoms. The molecule has 0 aliphatic heterocycles. The van der Waals surface area contributed by atoms with Crippen molar-refractivity contribution in [1.82, 2.24) is 10.2 Å². The Morgan fingerprint density at radius 2 is 1.48 bits per heavy atom. The van der Waals surface area contributed by atoms with Crippen molar-refractivity contribution in [2.45, 2.75) is 50.2 Å². The number of hydrogen-bond donors (Lipinski definition) is 1. The van der Waals surface area contributed by atoms with Gasteiger partial charge in [0.2, 0.25) is 11.8 Å². The Morgan fingerprint density at radius 1 is 0.826 bits per heavy atom. The molecule has 0 unspecified atom stereocenters. The van der Waals surface area contributed by atoms with Crippen molar-refractivity contribution in [3.8, 4) is 0 Å². The lowest BCUT2D eigenvalue weighted by Crippen LogP contribution is -2.54. The van der Waals surface area contributed by atoms with Gasteiger partial charge in [0.05, 0.1) is 20.6 Å². The molecule has 0 bridgehead atoms. The maximum atomic E-state index is 14.6. The van der Waals surface area contributed by atoms with Gasteiger partial charge in [-0.2, -0.15) is 0 Å². The van der Waals surface area contributed by atoms with Gasteiger partial charge in [-0.3, -0.25) is 13.9 Å². The Labute approximate surface area is 290 Å². The number of anilines is 1. The molecule has 1 N–H and O–H groups in total. The largest absolute Gasteiger partial charge is 0.352 e. The number of nitrogens with one attached hydrogen (secondary N) is 1. The van der Waals surface area contributed by atoms with Crippen molar-refractivity contribution in [2.24, 2.45) is 0 Å². The van der Waals surface area contributed by atoms with E-state index < -0.39 is 34.4 Å². The third-order valence-corrected chi connectivity index (χ3v) is 10.6. The van der Waals surface area contributed by atoms with E-state index in [4.69, 9.17) is 46.4 Å². The molecule has 0 radical (unpaired) electrons. The Bertz CT molecular complexity index is 1780. The molecule has 0 spiro atoms.